The van der Waals surface area contributed by atoms with Crippen LogP contribution in [-0.4, -0.2) is 23.2 Å². The first-order valence-electron chi connectivity index (χ1n) is 7.55. The molecule has 0 spiro atoms. The Morgan fingerprint density at radius 3 is 2.58 bits per heavy atom. The van der Waals surface area contributed by atoms with E-state index >= 15 is 0 Å². The molecule has 1 aromatic heterocycles. The van der Waals surface area contributed by atoms with E-state index < -0.39 is 5.97 Å². The fraction of sp³-hybridized carbons (Fsp3) is 0. The van der Waals surface area contributed by atoms with Crippen molar-refractivity contribution in [3.05, 3.63) is 82.0 Å². The first-order valence-corrected chi connectivity index (χ1v) is 8.35. The molecule has 0 bridgehead atoms. The first-order chi connectivity index (χ1) is 12.5. The van der Waals surface area contributed by atoms with E-state index in [0.717, 1.165) is 4.47 Å². The van der Waals surface area contributed by atoms with Crippen LogP contribution in [-0.2, 0) is 0 Å². The average Bonchev–Trinajstić information content (AvgIpc) is 3.10. The van der Waals surface area contributed by atoms with Gasteiger partial charge in [0.1, 0.15) is 11.5 Å². The van der Waals surface area contributed by atoms with E-state index in [2.05, 4.69) is 26.5 Å². The Kier molecular flexibility index (Phi) is 5.28. The van der Waals surface area contributed by atoms with Crippen LogP contribution in [0.5, 0.6) is 0 Å². The van der Waals surface area contributed by atoms with Gasteiger partial charge in [-0.2, -0.15) is 5.10 Å². The van der Waals surface area contributed by atoms with Gasteiger partial charge in [-0.15, -0.1) is 0 Å². The predicted octanol–water partition coefficient (Wildman–Crippen LogP) is 4.17. The van der Waals surface area contributed by atoms with E-state index in [1.807, 2.05) is 6.07 Å². The van der Waals surface area contributed by atoms with Crippen molar-refractivity contribution in [2.75, 3.05) is 0 Å². The third-order valence-electron chi connectivity index (χ3n) is 3.47. The van der Waals surface area contributed by atoms with Crippen LogP contribution in [0, 0.1) is 0 Å². The third kappa shape index (κ3) is 4.25. The molecule has 0 fully saturated rings. The molecule has 130 valence electrons. The van der Waals surface area contributed by atoms with E-state index in [1.165, 1.54) is 18.3 Å². The molecule has 3 aromatic rings. The lowest BCUT2D eigenvalue weighted by atomic mass is 10.1. The predicted molar refractivity (Wildman–Crippen MR) is 100 cm³/mol. The van der Waals surface area contributed by atoms with Crippen LogP contribution in [0.25, 0.3) is 11.3 Å². The molecule has 7 heteroatoms. The molecular formula is C19H13BrN2O4. The summed E-state index contributed by atoms with van der Waals surface area (Å²) in [6.45, 7) is 0. The van der Waals surface area contributed by atoms with Gasteiger partial charge in [-0.05, 0) is 42.5 Å². The lowest BCUT2D eigenvalue weighted by molar-refractivity contribution is 0.0696. The lowest BCUT2D eigenvalue weighted by Crippen LogP contribution is -2.17. The molecule has 0 atom stereocenters. The second-order valence-electron chi connectivity index (χ2n) is 5.30. The number of hydrogen-bond donors (Lipinski definition) is 2. The molecule has 0 radical (unpaired) electrons. The van der Waals surface area contributed by atoms with E-state index in [0.29, 0.717) is 22.6 Å². The summed E-state index contributed by atoms with van der Waals surface area (Å²) in [7, 11) is 0. The van der Waals surface area contributed by atoms with Gasteiger partial charge in [-0.1, -0.05) is 34.1 Å². The molecule has 26 heavy (non-hydrogen) atoms. The zero-order valence-electron chi connectivity index (χ0n) is 13.3. The van der Waals surface area contributed by atoms with Gasteiger partial charge in [0.15, 0.2) is 0 Å². The number of hydrogen-bond acceptors (Lipinski definition) is 4. The van der Waals surface area contributed by atoms with E-state index in [4.69, 9.17) is 9.52 Å². The monoisotopic (exact) mass is 412 g/mol. The number of amides is 1. The molecule has 1 heterocycles. The van der Waals surface area contributed by atoms with Crippen molar-refractivity contribution in [2.45, 2.75) is 0 Å². The van der Waals surface area contributed by atoms with Gasteiger partial charge in [0.2, 0.25) is 0 Å². The number of carbonyl (C=O) groups excluding carboxylic acids is 1. The molecule has 2 N–H and O–H groups in total. The van der Waals surface area contributed by atoms with Crippen LogP contribution in [0.3, 0.4) is 0 Å². The molecule has 0 saturated heterocycles. The quantitative estimate of drug-likeness (QED) is 0.485. The fourth-order valence-electron chi connectivity index (χ4n) is 2.23. The molecule has 0 unspecified atom stereocenters. The maximum absolute atomic E-state index is 12.0. The SMILES string of the molecule is O=C(O)c1cccc(-c2ccc(/C=N/NC(=O)c3cccc(Br)c3)o2)c1. The Morgan fingerprint density at radius 1 is 1.04 bits per heavy atom. The standard InChI is InChI=1S/C19H13BrN2O4/c20-15-6-2-4-13(10-15)18(23)22-21-11-16-7-8-17(26-16)12-3-1-5-14(9-12)19(24)25/h1-11H,(H,22,23)(H,24,25)/b21-11+. The minimum Gasteiger partial charge on any atom is -0.478 e. The molecule has 0 aliphatic carbocycles. The Bertz CT molecular complexity index is 994. The number of nitrogens with zero attached hydrogens (tertiary/aromatic N) is 1. The molecule has 0 aliphatic rings. The Balaban J connectivity index is 1.68. The van der Waals surface area contributed by atoms with Crippen molar-refractivity contribution in [1.29, 1.82) is 0 Å². The smallest absolute Gasteiger partial charge is 0.335 e. The highest BCUT2D eigenvalue weighted by atomic mass is 79.9. The van der Waals surface area contributed by atoms with Crippen molar-refractivity contribution in [1.82, 2.24) is 5.43 Å². The summed E-state index contributed by atoms with van der Waals surface area (Å²) in [5.41, 5.74) is 3.71. The number of rotatable bonds is 5. The highest BCUT2D eigenvalue weighted by molar-refractivity contribution is 9.10. The van der Waals surface area contributed by atoms with Crippen LogP contribution in [0.1, 0.15) is 26.5 Å². The maximum atomic E-state index is 12.0. The zero-order valence-corrected chi connectivity index (χ0v) is 14.9. The number of benzene rings is 2. The normalized spacial score (nSPS) is 10.8. The lowest BCUT2D eigenvalue weighted by Gasteiger charge is -2.00. The molecular weight excluding hydrogens is 400 g/mol. The van der Waals surface area contributed by atoms with Gasteiger partial charge in [0.05, 0.1) is 11.8 Å². The number of nitrogens with one attached hydrogen (secondary N) is 1. The molecule has 0 saturated carbocycles. The number of carboxylic acids is 1. The number of carbonyl (C=O) groups is 2. The number of carboxylic acid groups (broad SMARTS) is 1. The first kappa shape index (κ1) is 17.6. The van der Waals surface area contributed by atoms with Crippen LogP contribution >= 0.6 is 15.9 Å². The molecule has 2 aromatic carbocycles. The van der Waals surface area contributed by atoms with Gasteiger partial charge >= 0.3 is 5.97 Å². The minimum absolute atomic E-state index is 0.176. The number of aromatic carboxylic acids is 1. The van der Waals surface area contributed by atoms with Crippen molar-refractivity contribution >= 4 is 34.0 Å². The molecule has 0 aliphatic heterocycles. The number of hydrazone groups is 1. The van der Waals surface area contributed by atoms with Crippen molar-refractivity contribution < 1.29 is 19.1 Å². The van der Waals surface area contributed by atoms with Crippen LogP contribution < -0.4 is 5.43 Å². The zero-order chi connectivity index (χ0) is 18.5. The highest BCUT2D eigenvalue weighted by Crippen LogP contribution is 2.22. The highest BCUT2D eigenvalue weighted by Gasteiger charge is 2.08. The Labute approximate surface area is 157 Å². The summed E-state index contributed by atoms with van der Waals surface area (Å²) in [5, 5.41) is 12.9. The second-order valence-corrected chi connectivity index (χ2v) is 6.21. The van der Waals surface area contributed by atoms with E-state index in [1.54, 1.807) is 42.5 Å². The number of furan rings is 1. The van der Waals surface area contributed by atoms with Gasteiger partial charge < -0.3 is 9.52 Å². The maximum Gasteiger partial charge on any atom is 0.335 e. The second kappa shape index (κ2) is 7.79. The van der Waals surface area contributed by atoms with Gasteiger partial charge in [0, 0.05) is 15.6 Å². The van der Waals surface area contributed by atoms with Gasteiger partial charge in [0.25, 0.3) is 5.91 Å². The van der Waals surface area contributed by atoms with Gasteiger partial charge in [-0.3, -0.25) is 4.79 Å². The Hall–Kier alpha value is -3.19. The summed E-state index contributed by atoms with van der Waals surface area (Å²) in [5.74, 6) is -0.415. The minimum atomic E-state index is -1.00. The van der Waals surface area contributed by atoms with Crippen LogP contribution in [0.4, 0.5) is 0 Å². The van der Waals surface area contributed by atoms with Crippen molar-refractivity contribution in [2.24, 2.45) is 5.10 Å². The summed E-state index contributed by atoms with van der Waals surface area (Å²) >= 11 is 3.30. The summed E-state index contributed by atoms with van der Waals surface area (Å²) in [6.07, 6.45) is 1.38. The topological polar surface area (TPSA) is 91.9 Å². The van der Waals surface area contributed by atoms with Crippen molar-refractivity contribution in [3.8, 4) is 11.3 Å². The molecule has 1 amide bonds. The number of halogens is 1. The third-order valence-corrected chi connectivity index (χ3v) is 3.96. The molecule has 6 nitrogen and oxygen atoms in total. The fourth-order valence-corrected chi connectivity index (χ4v) is 2.63. The van der Waals surface area contributed by atoms with E-state index in [9.17, 15) is 9.59 Å². The summed E-state index contributed by atoms with van der Waals surface area (Å²) in [4.78, 5) is 23.0. The van der Waals surface area contributed by atoms with E-state index in [-0.39, 0.29) is 11.5 Å². The summed E-state index contributed by atoms with van der Waals surface area (Å²) < 4.78 is 6.41. The van der Waals surface area contributed by atoms with Gasteiger partial charge in [-0.25, -0.2) is 10.2 Å². The summed E-state index contributed by atoms with van der Waals surface area (Å²) in [6, 6.07) is 16.8. The van der Waals surface area contributed by atoms with Crippen LogP contribution in [0.15, 0.2) is 74.7 Å². The van der Waals surface area contributed by atoms with Crippen molar-refractivity contribution in [3.63, 3.8) is 0 Å². The molecule has 3 rings (SSSR count). The largest absolute Gasteiger partial charge is 0.478 e. The van der Waals surface area contributed by atoms with Crippen LogP contribution in [0.2, 0.25) is 0 Å². The average molecular weight is 413 g/mol. The Morgan fingerprint density at radius 2 is 1.81 bits per heavy atom.